The van der Waals surface area contributed by atoms with Gasteiger partial charge in [0, 0.05) is 13.1 Å². The molecule has 120 valence electrons. The van der Waals surface area contributed by atoms with Crippen molar-refractivity contribution >= 4 is 21.6 Å². The number of hydrogen-bond donors (Lipinski definition) is 1. The summed E-state index contributed by atoms with van der Waals surface area (Å²) in [6.45, 7) is 10.1. The van der Waals surface area contributed by atoms with Crippen molar-refractivity contribution in [2.45, 2.75) is 59.9 Å². The number of unbranched alkanes of at least 4 members (excludes halogenated alkanes) is 1. The molecule has 1 N–H and O–H groups in total. The molecule has 1 heterocycles. The smallest absolute Gasteiger partial charge is 0.283 e. The maximum absolute atomic E-state index is 12.2. The summed E-state index contributed by atoms with van der Waals surface area (Å²) in [5.74, 6) is 1.05. The van der Waals surface area contributed by atoms with E-state index in [4.69, 9.17) is 0 Å². The van der Waals surface area contributed by atoms with Crippen molar-refractivity contribution in [3.63, 3.8) is 0 Å². The van der Waals surface area contributed by atoms with Crippen LogP contribution in [0.25, 0.3) is 0 Å². The summed E-state index contributed by atoms with van der Waals surface area (Å²) < 4.78 is 2.11. The van der Waals surface area contributed by atoms with Gasteiger partial charge < -0.3 is 5.32 Å². The zero-order valence-corrected chi connectivity index (χ0v) is 15.2. The first-order valence-electron chi connectivity index (χ1n) is 7.99. The monoisotopic (exact) mass is 357 g/mol. The largest absolute Gasteiger partial charge is 0.382 e. The molecular weight excluding hydrogens is 330 g/mol. The molecule has 1 unspecified atom stereocenters. The average Bonchev–Trinajstić information content (AvgIpc) is 2.45. The van der Waals surface area contributed by atoms with E-state index in [1.54, 1.807) is 6.20 Å². The molecule has 1 aromatic heterocycles. The molecule has 0 saturated carbocycles. The van der Waals surface area contributed by atoms with Crippen molar-refractivity contribution in [2.24, 2.45) is 11.8 Å². The Morgan fingerprint density at radius 2 is 2.10 bits per heavy atom. The summed E-state index contributed by atoms with van der Waals surface area (Å²) in [5.41, 5.74) is 0.741. The number of nitrogens with zero attached hydrogens (tertiary/aromatic N) is 2. The number of nitrogens with one attached hydrogen (secondary N) is 1. The first-order valence-corrected chi connectivity index (χ1v) is 8.78. The number of aromatic nitrogens is 2. The zero-order valence-electron chi connectivity index (χ0n) is 13.7. The molecule has 0 aliphatic heterocycles. The Balaban J connectivity index is 2.72. The van der Waals surface area contributed by atoms with Gasteiger partial charge in [0.25, 0.3) is 5.56 Å². The number of rotatable bonds is 9. The van der Waals surface area contributed by atoms with Crippen molar-refractivity contribution in [3.05, 3.63) is 21.0 Å². The van der Waals surface area contributed by atoms with Crippen LogP contribution in [0.15, 0.2) is 15.5 Å². The lowest BCUT2D eigenvalue weighted by Crippen LogP contribution is -2.27. The van der Waals surface area contributed by atoms with Crippen LogP contribution in [0.5, 0.6) is 0 Å². The summed E-state index contributed by atoms with van der Waals surface area (Å²) in [5, 5.41) is 7.63. The Morgan fingerprint density at radius 3 is 2.67 bits per heavy atom. The molecular formula is C16H28BrN3O. The number of anilines is 1. The van der Waals surface area contributed by atoms with E-state index in [0.29, 0.717) is 22.9 Å². The fourth-order valence-corrected chi connectivity index (χ4v) is 2.71. The first kappa shape index (κ1) is 18.2. The second-order valence-corrected chi connectivity index (χ2v) is 6.84. The fraction of sp³-hybridized carbons (Fsp3) is 0.750. The Hall–Kier alpha value is -0.840. The quantitative estimate of drug-likeness (QED) is 0.716. The third-order valence-corrected chi connectivity index (χ3v) is 4.41. The van der Waals surface area contributed by atoms with Crippen molar-refractivity contribution in [3.8, 4) is 0 Å². The molecule has 0 aliphatic carbocycles. The third-order valence-electron chi connectivity index (χ3n) is 3.65. The van der Waals surface area contributed by atoms with Gasteiger partial charge in [0.1, 0.15) is 4.47 Å². The Kier molecular flexibility index (Phi) is 8.01. The first-order chi connectivity index (χ1) is 9.99. The normalized spacial score (nSPS) is 12.7. The van der Waals surface area contributed by atoms with Gasteiger partial charge in [0.15, 0.2) is 0 Å². The third kappa shape index (κ3) is 5.81. The number of hydrogen-bond acceptors (Lipinski definition) is 3. The molecule has 4 nitrogen and oxygen atoms in total. The minimum Gasteiger partial charge on any atom is -0.382 e. The molecule has 0 spiro atoms. The highest BCUT2D eigenvalue weighted by atomic mass is 79.9. The molecule has 21 heavy (non-hydrogen) atoms. The van der Waals surface area contributed by atoms with Gasteiger partial charge in [-0.05, 0) is 34.2 Å². The minimum absolute atomic E-state index is 0.0599. The van der Waals surface area contributed by atoms with E-state index in [2.05, 4.69) is 54.0 Å². The van der Waals surface area contributed by atoms with Crippen LogP contribution in [0.2, 0.25) is 0 Å². The van der Waals surface area contributed by atoms with Gasteiger partial charge in [-0.3, -0.25) is 4.79 Å². The van der Waals surface area contributed by atoms with Crippen LogP contribution >= 0.6 is 15.9 Å². The van der Waals surface area contributed by atoms with Gasteiger partial charge in [-0.2, -0.15) is 5.10 Å². The van der Waals surface area contributed by atoms with Crippen molar-refractivity contribution in [1.29, 1.82) is 0 Å². The van der Waals surface area contributed by atoms with Gasteiger partial charge in [0.05, 0.1) is 11.9 Å². The Bertz CT molecular complexity index is 485. The van der Waals surface area contributed by atoms with E-state index in [0.717, 1.165) is 18.7 Å². The second-order valence-electron chi connectivity index (χ2n) is 6.05. The van der Waals surface area contributed by atoms with E-state index in [9.17, 15) is 4.79 Å². The number of halogens is 1. The van der Waals surface area contributed by atoms with Crippen LogP contribution in [-0.2, 0) is 6.54 Å². The van der Waals surface area contributed by atoms with Crippen LogP contribution in [0, 0.1) is 11.8 Å². The molecule has 1 atom stereocenters. The summed E-state index contributed by atoms with van der Waals surface area (Å²) in [6.07, 6.45) is 6.63. The van der Waals surface area contributed by atoms with Gasteiger partial charge in [-0.15, -0.1) is 0 Å². The van der Waals surface area contributed by atoms with Crippen LogP contribution in [0.3, 0.4) is 0 Å². The molecule has 1 rings (SSSR count). The molecule has 0 aliphatic rings. The van der Waals surface area contributed by atoms with Crippen molar-refractivity contribution in [2.75, 3.05) is 11.9 Å². The van der Waals surface area contributed by atoms with Gasteiger partial charge in [0.2, 0.25) is 0 Å². The molecule has 0 aromatic carbocycles. The molecule has 1 aromatic rings. The lowest BCUT2D eigenvalue weighted by atomic mass is 9.99. The lowest BCUT2D eigenvalue weighted by Gasteiger charge is -2.17. The highest BCUT2D eigenvalue weighted by Crippen LogP contribution is 2.19. The van der Waals surface area contributed by atoms with E-state index in [1.807, 2.05) is 0 Å². The summed E-state index contributed by atoms with van der Waals surface area (Å²) in [4.78, 5) is 12.2. The topological polar surface area (TPSA) is 46.9 Å². The summed E-state index contributed by atoms with van der Waals surface area (Å²) >= 11 is 3.41. The van der Waals surface area contributed by atoms with Gasteiger partial charge in [-0.25, -0.2) is 4.68 Å². The van der Waals surface area contributed by atoms with Crippen LogP contribution < -0.4 is 10.9 Å². The van der Waals surface area contributed by atoms with Crippen LogP contribution in [-0.4, -0.2) is 16.3 Å². The van der Waals surface area contributed by atoms with Crippen LogP contribution in [0.4, 0.5) is 5.69 Å². The van der Waals surface area contributed by atoms with Gasteiger partial charge >= 0.3 is 0 Å². The van der Waals surface area contributed by atoms with E-state index in [1.165, 1.54) is 23.9 Å². The predicted molar refractivity (Wildman–Crippen MR) is 92.8 cm³/mol. The summed E-state index contributed by atoms with van der Waals surface area (Å²) in [6, 6.07) is 0. The van der Waals surface area contributed by atoms with Crippen molar-refractivity contribution in [1.82, 2.24) is 9.78 Å². The van der Waals surface area contributed by atoms with Crippen LogP contribution in [0.1, 0.15) is 53.4 Å². The molecule has 0 bridgehead atoms. The highest BCUT2D eigenvalue weighted by molar-refractivity contribution is 9.10. The zero-order chi connectivity index (χ0) is 15.8. The predicted octanol–water partition coefficient (Wildman–Crippen LogP) is 4.29. The molecule has 0 radical (unpaired) electrons. The van der Waals surface area contributed by atoms with Gasteiger partial charge in [-0.1, -0.05) is 47.0 Å². The standard InChI is InChI=1S/C16H28BrN3O/c1-5-7-8-13(6-2)9-18-14-10-19-20(11-12(3)4)16(21)15(14)17/h10,12-13,18H,5-9,11H2,1-4H3. The molecule has 5 heteroatoms. The SMILES string of the molecule is CCCCC(CC)CNc1cnn(CC(C)C)c(=O)c1Br. The molecule has 0 saturated heterocycles. The molecule has 0 fully saturated rings. The maximum atomic E-state index is 12.2. The maximum Gasteiger partial charge on any atom is 0.283 e. The Morgan fingerprint density at radius 1 is 1.38 bits per heavy atom. The lowest BCUT2D eigenvalue weighted by molar-refractivity contribution is 0.460. The minimum atomic E-state index is -0.0599. The van der Waals surface area contributed by atoms with E-state index < -0.39 is 0 Å². The average molecular weight is 358 g/mol. The second kappa shape index (κ2) is 9.23. The fourth-order valence-electron chi connectivity index (χ4n) is 2.26. The van der Waals surface area contributed by atoms with E-state index in [-0.39, 0.29) is 5.56 Å². The van der Waals surface area contributed by atoms with E-state index >= 15 is 0 Å². The highest BCUT2D eigenvalue weighted by Gasteiger charge is 2.11. The Labute approximate surface area is 136 Å². The molecule has 0 amide bonds. The van der Waals surface area contributed by atoms with Crippen molar-refractivity contribution < 1.29 is 0 Å². The summed E-state index contributed by atoms with van der Waals surface area (Å²) in [7, 11) is 0.